The second-order valence-corrected chi connectivity index (χ2v) is 5.65. The molecule has 0 fully saturated rings. The molecule has 2 aromatic carbocycles. The summed E-state index contributed by atoms with van der Waals surface area (Å²) in [5, 5.41) is 3.63. The SMILES string of the molecule is C[C@H]([NH2+][C@H](C)C(=O)Nc1ccc(F)c(F)c1F)c1ccc(F)cc1F. The fraction of sp³-hybridized carbons (Fsp3) is 0.235. The van der Waals surface area contributed by atoms with Gasteiger partial charge < -0.3 is 10.6 Å². The maximum atomic E-state index is 13.7. The molecule has 2 atom stereocenters. The first-order valence-corrected chi connectivity index (χ1v) is 7.45. The minimum absolute atomic E-state index is 0.194. The Morgan fingerprint density at radius 2 is 1.64 bits per heavy atom. The van der Waals surface area contributed by atoms with Gasteiger partial charge in [-0.05, 0) is 38.1 Å². The number of nitrogens with two attached hydrogens (primary N) is 1. The lowest BCUT2D eigenvalue weighted by Gasteiger charge is -2.17. The highest BCUT2D eigenvalue weighted by Gasteiger charge is 2.24. The molecule has 0 heterocycles. The highest BCUT2D eigenvalue weighted by atomic mass is 19.2. The molecule has 0 spiro atoms. The summed E-state index contributed by atoms with van der Waals surface area (Å²) >= 11 is 0. The first-order chi connectivity index (χ1) is 11.7. The van der Waals surface area contributed by atoms with E-state index in [2.05, 4.69) is 5.32 Å². The standard InChI is InChI=1S/C17H15F5N2O/c1-8(11-4-3-10(18)7-13(11)20)23-9(2)17(25)24-14-6-5-12(19)15(21)16(14)22/h3-9,23H,1-2H3,(H,24,25)/p+1/t8-,9+/m0/s1. The Hall–Kier alpha value is -2.48. The van der Waals surface area contributed by atoms with E-state index in [1.54, 1.807) is 6.92 Å². The van der Waals surface area contributed by atoms with Crippen LogP contribution in [0.2, 0.25) is 0 Å². The Bertz CT molecular complexity index is 797. The van der Waals surface area contributed by atoms with Gasteiger partial charge in [-0.3, -0.25) is 4.79 Å². The van der Waals surface area contributed by atoms with Gasteiger partial charge in [0.15, 0.2) is 23.5 Å². The maximum absolute atomic E-state index is 13.7. The monoisotopic (exact) mass is 359 g/mol. The molecule has 0 aliphatic rings. The molecule has 0 aliphatic carbocycles. The molecule has 0 saturated carbocycles. The van der Waals surface area contributed by atoms with Gasteiger partial charge in [0.2, 0.25) is 0 Å². The summed E-state index contributed by atoms with van der Waals surface area (Å²) in [7, 11) is 0. The number of amides is 1. The molecule has 0 unspecified atom stereocenters. The van der Waals surface area contributed by atoms with Crippen LogP contribution in [0.5, 0.6) is 0 Å². The summed E-state index contributed by atoms with van der Waals surface area (Å²) in [6.45, 7) is 3.09. The normalized spacial score (nSPS) is 13.4. The number of hydrogen-bond donors (Lipinski definition) is 2. The van der Waals surface area contributed by atoms with Gasteiger partial charge in [0.25, 0.3) is 5.91 Å². The van der Waals surface area contributed by atoms with Crippen molar-refractivity contribution in [3.63, 3.8) is 0 Å². The number of carbonyl (C=O) groups excluding carboxylic acids is 1. The zero-order valence-electron chi connectivity index (χ0n) is 13.4. The zero-order valence-corrected chi connectivity index (χ0v) is 13.4. The van der Waals surface area contributed by atoms with Gasteiger partial charge >= 0.3 is 0 Å². The van der Waals surface area contributed by atoms with E-state index in [9.17, 15) is 26.7 Å². The fourth-order valence-corrected chi connectivity index (χ4v) is 2.36. The minimum atomic E-state index is -1.68. The van der Waals surface area contributed by atoms with Gasteiger partial charge in [-0.1, -0.05) is 0 Å². The van der Waals surface area contributed by atoms with E-state index < -0.39 is 52.8 Å². The first-order valence-electron chi connectivity index (χ1n) is 7.45. The highest BCUT2D eigenvalue weighted by Crippen LogP contribution is 2.20. The van der Waals surface area contributed by atoms with E-state index in [-0.39, 0.29) is 5.56 Å². The highest BCUT2D eigenvalue weighted by molar-refractivity contribution is 5.93. The van der Waals surface area contributed by atoms with Gasteiger partial charge in [-0.2, -0.15) is 0 Å². The molecule has 0 aliphatic heterocycles. The number of benzene rings is 2. The first kappa shape index (κ1) is 18.9. The molecule has 3 N–H and O–H groups in total. The van der Waals surface area contributed by atoms with Crippen LogP contribution in [0.15, 0.2) is 30.3 Å². The van der Waals surface area contributed by atoms with Crippen LogP contribution in [0.3, 0.4) is 0 Å². The summed E-state index contributed by atoms with van der Waals surface area (Å²) < 4.78 is 66.3. The molecule has 0 bridgehead atoms. The third-order valence-corrected chi connectivity index (χ3v) is 3.74. The third kappa shape index (κ3) is 4.33. The van der Waals surface area contributed by atoms with Crippen molar-refractivity contribution in [3.8, 4) is 0 Å². The van der Waals surface area contributed by atoms with Crippen molar-refractivity contribution >= 4 is 11.6 Å². The quantitative estimate of drug-likeness (QED) is 0.626. The summed E-state index contributed by atoms with van der Waals surface area (Å²) in [6, 6.07) is 3.37. The van der Waals surface area contributed by atoms with E-state index in [1.807, 2.05) is 0 Å². The number of rotatable bonds is 5. The Morgan fingerprint density at radius 1 is 0.960 bits per heavy atom. The van der Waals surface area contributed by atoms with Crippen molar-refractivity contribution < 1.29 is 32.1 Å². The van der Waals surface area contributed by atoms with Crippen molar-refractivity contribution in [2.24, 2.45) is 0 Å². The van der Waals surface area contributed by atoms with Crippen molar-refractivity contribution in [2.45, 2.75) is 25.9 Å². The van der Waals surface area contributed by atoms with Crippen molar-refractivity contribution in [3.05, 3.63) is 65.0 Å². The number of hydrogen-bond acceptors (Lipinski definition) is 1. The second kappa shape index (κ2) is 7.60. The van der Waals surface area contributed by atoms with Crippen molar-refractivity contribution in [1.29, 1.82) is 0 Å². The van der Waals surface area contributed by atoms with Crippen LogP contribution in [-0.2, 0) is 4.79 Å². The number of nitrogens with one attached hydrogen (secondary N) is 1. The molecular weight excluding hydrogens is 343 g/mol. The number of carbonyl (C=O) groups is 1. The second-order valence-electron chi connectivity index (χ2n) is 5.65. The van der Waals surface area contributed by atoms with Gasteiger partial charge in [0.1, 0.15) is 17.7 Å². The molecule has 2 rings (SSSR count). The van der Waals surface area contributed by atoms with Crippen molar-refractivity contribution in [2.75, 3.05) is 5.32 Å². The summed E-state index contributed by atoms with van der Waals surface area (Å²) in [5.41, 5.74) is -0.301. The van der Waals surface area contributed by atoms with E-state index >= 15 is 0 Å². The topological polar surface area (TPSA) is 45.7 Å². The van der Waals surface area contributed by atoms with Gasteiger partial charge in [0.05, 0.1) is 5.69 Å². The fourth-order valence-electron chi connectivity index (χ4n) is 2.36. The molecule has 1 amide bonds. The average Bonchev–Trinajstić information content (AvgIpc) is 2.55. The van der Waals surface area contributed by atoms with Gasteiger partial charge in [-0.25, -0.2) is 22.0 Å². The minimum Gasteiger partial charge on any atom is -0.330 e. The average molecular weight is 359 g/mol. The van der Waals surface area contributed by atoms with E-state index in [0.29, 0.717) is 6.07 Å². The molecule has 0 radical (unpaired) electrons. The van der Waals surface area contributed by atoms with Crippen LogP contribution in [0.1, 0.15) is 25.5 Å². The lowest BCUT2D eigenvalue weighted by Crippen LogP contribution is -2.91. The van der Waals surface area contributed by atoms with Crippen LogP contribution in [0, 0.1) is 29.1 Å². The lowest BCUT2D eigenvalue weighted by atomic mass is 10.1. The largest absolute Gasteiger partial charge is 0.330 e. The molecule has 25 heavy (non-hydrogen) atoms. The molecule has 2 aromatic rings. The number of halogens is 5. The molecule has 134 valence electrons. The molecule has 8 heteroatoms. The van der Waals surface area contributed by atoms with E-state index in [1.165, 1.54) is 18.3 Å². The van der Waals surface area contributed by atoms with Gasteiger partial charge in [-0.15, -0.1) is 0 Å². The molecule has 0 aromatic heterocycles. The Balaban J connectivity index is 2.06. The third-order valence-electron chi connectivity index (χ3n) is 3.74. The van der Waals surface area contributed by atoms with E-state index in [4.69, 9.17) is 0 Å². The number of anilines is 1. The molecule has 3 nitrogen and oxygen atoms in total. The summed E-state index contributed by atoms with van der Waals surface area (Å²) in [4.78, 5) is 12.1. The van der Waals surface area contributed by atoms with Gasteiger partial charge in [0, 0.05) is 11.6 Å². The smallest absolute Gasteiger partial charge is 0.282 e. The Labute approximate surface area is 140 Å². The van der Waals surface area contributed by atoms with Crippen LogP contribution in [0.25, 0.3) is 0 Å². The van der Waals surface area contributed by atoms with E-state index in [0.717, 1.165) is 18.2 Å². The van der Waals surface area contributed by atoms with Crippen LogP contribution in [-0.4, -0.2) is 11.9 Å². The van der Waals surface area contributed by atoms with Crippen LogP contribution >= 0.6 is 0 Å². The zero-order chi connectivity index (χ0) is 18.7. The van der Waals surface area contributed by atoms with Crippen LogP contribution < -0.4 is 10.6 Å². The molecule has 0 saturated heterocycles. The summed E-state index contributed by atoms with van der Waals surface area (Å²) in [6.07, 6.45) is 0. The predicted octanol–water partition coefficient (Wildman–Crippen LogP) is 3.03. The molecular formula is C17H16F5N2O+. The van der Waals surface area contributed by atoms with Crippen LogP contribution in [0.4, 0.5) is 27.6 Å². The predicted molar refractivity (Wildman–Crippen MR) is 81.1 cm³/mol. The Morgan fingerprint density at radius 3 is 2.28 bits per heavy atom. The summed E-state index contributed by atoms with van der Waals surface area (Å²) in [5.74, 6) is -6.69. The van der Waals surface area contributed by atoms with Crippen molar-refractivity contribution in [1.82, 2.24) is 0 Å². The maximum Gasteiger partial charge on any atom is 0.282 e. The lowest BCUT2D eigenvalue weighted by molar-refractivity contribution is -0.710. The number of quaternary nitrogens is 1. The Kier molecular flexibility index (Phi) is 5.73.